The monoisotopic (exact) mass is 329 g/mol. The number of nitrogens with zero attached hydrogens (tertiary/aromatic N) is 2. The standard InChI is InChI=1S/C18H23N3O3/c1-12(2)10-21-16(11-20-8-4-5-15(20)18(21)23)17(22)19-9-14-7-6-13(3)24-14/h4-8,12,16H,9-11H2,1-3H3,(H,19,22). The fourth-order valence-corrected chi connectivity index (χ4v) is 3.04. The van der Waals surface area contributed by atoms with Gasteiger partial charge in [0.2, 0.25) is 5.91 Å². The average molecular weight is 329 g/mol. The van der Waals surface area contributed by atoms with Crippen molar-refractivity contribution in [3.05, 3.63) is 47.7 Å². The zero-order valence-electron chi connectivity index (χ0n) is 14.3. The van der Waals surface area contributed by atoms with Crippen molar-refractivity contribution in [1.29, 1.82) is 0 Å². The van der Waals surface area contributed by atoms with E-state index >= 15 is 0 Å². The van der Waals surface area contributed by atoms with Crippen molar-refractivity contribution in [2.75, 3.05) is 6.54 Å². The Morgan fingerprint density at radius 2 is 2.17 bits per heavy atom. The molecule has 128 valence electrons. The average Bonchev–Trinajstić information content (AvgIpc) is 3.16. The molecule has 0 bridgehead atoms. The van der Waals surface area contributed by atoms with Gasteiger partial charge in [-0.2, -0.15) is 0 Å². The van der Waals surface area contributed by atoms with Crippen LogP contribution in [0, 0.1) is 12.8 Å². The number of fused-ring (bicyclic) bond motifs is 1. The first kappa shape index (κ1) is 16.4. The molecule has 6 heteroatoms. The first-order chi connectivity index (χ1) is 11.5. The first-order valence-corrected chi connectivity index (χ1v) is 8.25. The topological polar surface area (TPSA) is 67.5 Å². The molecule has 0 saturated carbocycles. The minimum absolute atomic E-state index is 0.0889. The predicted molar refractivity (Wildman–Crippen MR) is 89.4 cm³/mol. The van der Waals surface area contributed by atoms with Gasteiger partial charge < -0.3 is 19.2 Å². The van der Waals surface area contributed by atoms with Crippen LogP contribution in [0.2, 0.25) is 0 Å². The Hall–Kier alpha value is -2.50. The molecule has 1 aliphatic heterocycles. The van der Waals surface area contributed by atoms with Crippen LogP contribution < -0.4 is 5.32 Å². The number of nitrogens with one attached hydrogen (secondary N) is 1. The maximum atomic E-state index is 12.7. The minimum Gasteiger partial charge on any atom is -0.465 e. The summed E-state index contributed by atoms with van der Waals surface area (Å²) in [6, 6.07) is 6.85. The molecule has 0 saturated heterocycles. The SMILES string of the molecule is Cc1ccc(CNC(=O)C2Cn3cccc3C(=O)N2CC(C)C)o1. The molecule has 2 aromatic heterocycles. The van der Waals surface area contributed by atoms with Gasteiger partial charge in [0.1, 0.15) is 23.3 Å². The van der Waals surface area contributed by atoms with E-state index in [-0.39, 0.29) is 11.8 Å². The number of rotatable bonds is 5. The maximum absolute atomic E-state index is 12.7. The van der Waals surface area contributed by atoms with Crippen LogP contribution in [0.3, 0.4) is 0 Å². The van der Waals surface area contributed by atoms with Crippen molar-refractivity contribution in [3.8, 4) is 0 Å². The van der Waals surface area contributed by atoms with Gasteiger partial charge >= 0.3 is 0 Å². The molecule has 3 rings (SSSR count). The zero-order chi connectivity index (χ0) is 17.3. The fraction of sp³-hybridized carbons (Fsp3) is 0.444. The summed E-state index contributed by atoms with van der Waals surface area (Å²) in [5.41, 5.74) is 0.640. The van der Waals surface area contributed by atoms with E-state index in [4.69, 9.17) is 4.42 Å². The normalized spacial score (nSPS) is 17.2. The number of carbonyl (C=O) groups excluding carboxylic acids is 2. The van der Waals surface area contributed by atoms with Crippen LogP contribution in [0.15, 0.2) is 34.9 Å². The second-order valence-corrected chi connectivity index (χ2v) is 6.64. The molecule has 0 fully saturated rings. The lowest BCUT2D eigenvalue weighted by Gasteiger charge is -2.36. The van der Waals surface area contributed by atoms with E-state index in [0.29, 0.717) is 37.0 Å². The van der Waals surface area contributed by atoms with Gasteiger partial charge in [0, 0.05) is 12.7 Å². The highest BCUT2D eigenvalue weighted by Crippen LogP contribution is 2.20. The molecule has 3 heterocycles. The summed E-state index contributed by atoms with van der Waals surface area (Å²) in [7, 11) is 0. The van der Waals surface area contributed by atoms with E-state index < -0.39 is 6.04 Å². The van der Waals surface area contributed by atoms with Crippen LogP contribution in [0.4, 0.5) is 0 Å². The van der Waals surface area contributed by atoms with Crippen molar-refractivity contribution in [3.63, 3.8) is 0 Å². The van der Waals surface area contributed by atoms with Crippen molar-refractivity contribution >= 4 is 11.8 Å². The Labute approximate surface area is 141 Å². The summed E-state index contributed by atoms with van der Waals surface area (Å²) < 4.78 is 7.32. The largest absolute Gasteiger partial charge is 0.465 e. The Bertz CT molecular complexity index is 744. The van der Waals surface area contributed by atoms with Crippen LogP contribution in [-0.4, -0.2) is 33.9 Å². The number of hydrogen-bond donors (Lipinski definition) is 1. The van der Waals surface area contributed by atoms with Crippen LogP contribution >= 0.6 is 0 Å². The molecule has 0 aliphatic carbocycles. The Kier molecular flexibility index (Phi) is 4.46. The van der Waals surface area contributed by atoms with Gasteiger partial charge in [-0.25, -0.2) is 0 Å². The number of aromatic nitrogens is 1. The molecule has 2 amide bonds. The van der Waals surface area contributed by atoms with Gasteiger partial charge in [-0.1, -0.05) is 13.8 Å². The van der Waals surface area contributed by atoms with Gasteiger partial charge in [0.25, 0.3) is 5.91 Å². The van der Waals surface area contributed by atoms with Gasteiger partial charge in [0.15, 0.2) is 0 Å². The Morgan fingerprint density at radius 1 is 1.38 bits per heavy atom. The summed E-state index contributed by atoms with van der Waals surface area (Å²) in [5, 5.41) is 2.89. The summed E-state index contributed by atoms with van der Waals surface area (Å²) in [5.74, 6) is 1.57. The van der Waals surface area contributed by atoms with Crippen molar-refractivity contribution < 1.29 is 14.0 Å². The van der Waals surface area contributed by atoms with Gasteiger partial charge in [-0.3, -0.25) is 9.59 Å². The van der Waals surface area contributed by atoms with Crippen LogP contribution in [0.5, 0.6) is 0 Å². The van der Waals surface area contributed by atoms with Crippen molar-refractivity contribution in [1.82, 2.24) is 14.8 Å². The lowest BCUT2D eigenvalue weighted by molar-refractivity contribution is -0.127. The Balaban J connectivity index is 1.75. The number of aryl methyl sites for hydroxylation is 1. The Morgan fingerprint density at radius 3 is 2.83 bits per heavy atom. The third kappa shape index (κ3) is 3.22. The number of hydrogen-bond acceptors (Lipinski definition) is 3. The van der Waals surface area contributed by atoms with E-state index in [9.17, 15) is 9.59 Å². The molecule has 1 aliphatic rings. The van der Waals surface area contributed by atoms with Crippen molar-refractivity contribution in [2.24, 2.45) is 5.92 Å². The number of amides is 2. The molecule has 24 heavy (non-hydrogen) atoms. The highest BCUT2D eigenvalue weighted by atomic mass is 16.3. The van der Waals surface area contributed by atoms with E-state index in [2.05, 4.69) is 5.32 Å². The predicted octanol–water partition coefficient (Wildman–Crippen LogP) is 2.19. The summed E-state index contributed by atoms with van der Waals surface area (Å²) in [6.45, 7) is 7.31. The molecule has 1 N–H and O–H groups in total. The van der Waals surface area contributed by atoms with E-state index in [1.165, 1.54) is 0 Å². The molecular weight excluding hydrogens is 306 g/mol. The first-order valence-electron chi connectivity index (χ1n) is 8.25. The molecular formula is C18H23N3O3. The van der Waals surface area contributed by atoms with Crippen LogP contribution in [0.25, 0.3) is 0 Å². The molecule has 1 atom stereocenters. The smallest absolute Gasteiger partial charge is 0.271 e. The second kappa shape index (κ2) is 6.55. The minimum atomic E-state index is -0.504. The molecule has 2 aromatic rings. The van der Waals surface area contributed by atoms with Crippen LogP contribution in [0.1, 0.15) is 35.9 Å². The fourth-order valence-electron chi connectivity index (χ4n) is 3.04. The molecule has 0 radical (unpaired) electrons. The summed E-state index contributed by atoms with van der Waals surface area (Å²) in [6.07, 6.45) is 1.84. The van der Waals surface area contributed by atoms with Gasteiger partial charge in [0.05, 0.1) is 13.1 Å². The number of furan rings is 1. The second-order valence-electron chi connectivity index (χ2n) is 6.64. The van der Waals surface area contributed by atoms with Gasteiger partial charge in [-0.05, 0) is 37.1 Å². The van der Waals surface area contributed by atoms with E-state index in [1.807, 2.05) is 49.7 Å². The van der Waals surface area contributed by atoms with Gasteiger partial charge in [-0.15, -0.1) is 0 Å². The lowest BCUT2D eigenvalue weighted by Crippen LogP contribution is -2.55. The molecule has 0 spiro atoms. The highest BCUT2D eigenvalue weighted by molar-refractivity contribution is 5.97. The maximum Gasteiger partial charge on any atom is 0.271 e. The molecule has 0 aromatic carbocycles. The van der Waals surface area contributed by atoms with E-state index in [0.717, 1.165) is 5.76 Å². The highest BCUT2D eigenvalue weighted by Gasteiger charge is 2.36. The third-order valence-corrected chi connectivity index (χ3v) is 4.15. The van der Waals surface area contributed by atoms with Crippen molar-refractivity contribution in [2.45, 2.75) is 39.9 Å². The third-order valence-electron chi connectivity index (χ3n) is 4.15. The summed E-state index contributed by atoms with van der Waals surface area (Å²) in [4.78, 5) is 27.1. The molecule has 6 nitrogen and oxygen atoms in total. The van der Waals surface area contributed by atoms with Crippen LogP contribution in [-0.2, 0) is 17.9 Å². The van der Waals surface area contributed by atoms with E-state index in [1.54, 1.807) is 11.0 Å². The summed E-state index contributed by atoms with van der Waals surface area (Å²) >= 11 is 0. The zero-order valence-corrected chi connectivity index (χ0v) is 14.3. The number of carbonyl (C=O) groups is 2. The quantitative estimate of drug-likeness (QED) is 0.914. The molecule has 1 unspecified atom stereocenters. The lowest BCUT2D eigenvalue weighted by atomic mass is 10.1.